The fourth-order valence-corrected chi connectivity index (χ4v) is 2.47. The summed E-state index contributed by atoms with van der Waals surface area (Å²) < 4.78 is 11.0. The van der Waals surface area contributed by atoms with Gasteiger partial charge in [0.2, 0.25) is 0 Å². The van der Waals surface area contributed by atoms with Crippen LogP contribution in [0.15, 0.2) is 17.3 Å². The van der Waals surface area contributed by atoms with Crippen LogP contribution in [0.3, 0.4) is 0 Å². The number of hydrogen-bond donors (Lipinski definition) is 4. The highest BCUT2D eigenvalue weighted by Crippen LogP contribution is 2.25. The molecule has 1 fully saturated rings. The van der Waals surface area contributed by atoms with E-state index in [4.69, 9.17) is 19.4 Å². The van der Waals surface area contributed by atoms with Crippen LogP contribution in [0.2, 0.25) is 0 Å². The summed E-state index contributed by atoms with van der Waals surface area (Å²) in [6.07, 6.45) is -0.906. The Labute approximate surface area is 158 Å². The predicted octanol–water partition coefficient (Wildman–Crippen LogP) is -0.890. The minimum absolute atomic E-state index is 0.107. The minimum atomic E-state index is -1.18. The maximum atomic E-state index is 12.1. The first-order chi connectivity index (χ1) is 12.7. The van der Waals surface area contributed by atoms with Gasteiger partial charge in [-0.3, -0.25) is 0 Å². The lowest BCUT2D eigenvalue weighted by atomic mass is 10.1. The van der Waals surface area contributed by atoms with E-state index in [2.05, 4.69) is 10.5 Å². The van der Waals surface area contributed by atoms with E-state index in [0.29, 0.717) is 18.4 Å². The number of carbonyl (C=O) groups excluding carboxylic acids is 1. The molecule has 0 bridgehead atoms. The number of hydrogen-bond acceptors (Lipinski definition) is 10. The van der Waals surface area contributed by atoms with Crippen molar-refractivity contribution in [2.24, 2.45) is 10.9 Å². The first kappa shape index (κ1) is 21.6. The molecule has 2 aliphatic heterocycles. The molecule has 154 valence electrons. The number of amidine groups is 1. The number of aliphatic imine (C=N–C) groups is 1. The molecule has 0 radical (unpaired) electrons. The number of aliphatic hydroxyl groups is 3. The van der Waals surface area contributed by atoms with Crippen LogP contribution in [0.25, 0.3) is 0 Å². The number of hydroxylamine groups is 1. The summed E-state index contributed by atoms with van der Waals surface area (Å²) in [6, 6.07) is 0. The quantitative estimate of drug-likeness (QED) is 0.428. The van der Waals surface area contributed by atoms with Crippen LogP contribution in [-0.2, 0) is 19.1 Å². The average molecular weight is 387 g/mol. The largest absolute Gasteiger partial charge is 0.394 e. The van der Waals surface area contributed by atoms with Crippen LogP contribution < -0.4 is 5.48 Å². The Kier molecular flexibility index (Phi) is 7.18. The Morgan fingerprint density at radius 2 is 2.15 bits per heavy atom. The van der Waals surface area contributed by atoms with E-state index in [1.807, 2.05) is 13.8 Å². The van der Waals surface area contributed by atoms with Crippen molar-refractivity contribution in [2.75, 3.05) is 19.9 Å². The number of ether oxygens (including phenoxy) is 2. The van der Waals surface area contributed by atoms with Crippen molar-refractivity contribution in [2.45, 2.75) is 57.8 Å². The summed E-state index contributed by atoms with van der Waals surface area (Å²) in [5, 5.41) is 29.0. The van der Waals surface area contributed by atoms with Crippen LogP contribution in [0.1, 0.15) is 27.7 Å². The zero-order chi connectivity index (χ0) is 20.2. The summed E-state index contributed by atoms with van der Waals surface area (Å²) in [7, 11) is 0. The second kappa shape index (κ2) is 8.98. The molecule has 2 heterocycles. The van der Waals surface area contributed by atoms with Gasteiger partial charge in [0.1, 0.15) is 25.0 Å². The standard InChI is InChI=1S/C17H29N3O7/c1-10(2)8-25-17(3,4)16(24)27-19-12-5-6-20(9-18-12)15-14(23)13(22)11(7-21)26-15/h5-6,10-11,13-15,21-23H,7-9H2,1-4H3,(H,18,19)/t11-,13-,14-,15-/m1/s1. The molecular weight excluding hydrogens is 358 g/mol. The fourth-order valence-electron chi connectivity index (χ4n) is 2.47. The molecule has 0 unspecified atom stereocenters. The first-order valence-electron chi connectivity index (χ1n) is 8.87. The van der Waals surface area contributed by atoms with Crippen molar-refractivity contribution in [1.29, 1.82) is 0 Å². The van der Waals surface area contributed by atoms with Gasteiger partial charge in [-0.1, -0.05) is 13.8 Å². The SMILES string of the molecule is CC(C)COC(C)(C)C(=O)ONC1=NCN([C@@H]2O[C@H](CO)[C@@H](O)[C@H]2O)C=C1. The molecule has 0 aromatic rings. The van der Waals surface area contributed by atoms with Crippen LogP contribution in [0.5, 0.6) is 0 Å². The van der Waals surface area contributed by atoms with Gasteiger partial charge in [-0.05, 0) is 25.8 Å². The number of aliphatic hydroxyl groups excluding tert-OH is 3. The second-order valence-electron chi connectivity index (χ2n) is 7.45. The zero-order valence-corrected chi connectivity index (χ0v) is 16.0. The van der Waals surface area contributed by atoms with Crippen molar-refractivity contribution < 1.29 is 34.4 Å². The van der Waals surface area contributed by atoms with Gasteiger partial charge in [0.15, 0.2) is 17.7 Å². The summed E-state index contributed by atoms with van der Waals surface area (Å²) in [4.78, 5) is 22.9. The van der Waals surface area contributed by atoms with Gasteiger partial charge in [-0.15, -0.1) is 0 Å². The first-order valence-corrected chi connectivity index (χ1v) is 8.87. The lowest BCUT2D eigenvalue weighted by Crippen LogP contribution is -2.44. The highest BCUT2D eigenvalue weighted by molar-refractivity contribution is 5.93. The molecule has 1 saturated heterocycles. The van der Waals surface area contributed by atoms with E-state index < -0.39 is 42.7 Å². The number of carbonyl (C=O) groups is 1. The van der Waals surface area contributed by atoms with Crippen LogP contribution in [0.4, 0.5) is 0 Å². The van der Waals surface area contributed by atoms with Crippen LogP contribution in [-0.4, -0.2) is 82.0 Å². The smallest absolute Gasteiger partial charge is 0.363 e. The molecule has 0 aliphatic carbocycles. The highest BCUT2D eigenvalue weighted by Gasteiger charge is 2.44. The monoisotopic (exact) mass is 387 g/mol. The van der Waals surface area contributed by atoms with E-state index in [0.717, 1.165) is 0 Å². The van der Waals surface area contributed by atoms with Gasteiger partial charge in [-0.2, -0.15) is 0 Å². The van der Waals surface area contributed by atoms with Gasteiger partial charge in [0, 0.05) is 6.20 Å². The van der Waals surface area contributed by atoms with Gasteiger partial charge in [0.25, 0.3) is 0 Å². The Morgan fingerprint density at radius 1 is 1.44 bits per heavy atom. The molecule has 4 N–H and O–H groups in total. The lowest BCUT2D eigenvalue weighted by molar-refractivity contribution is -0.173. The molecular formula is C17H29N3O7. The van der Waals surface area contributed by atoms with Crippen molar-refractivity contribution in [3.63, 3.8) is 0 Å². The molecule has 10 heteroatoms. The van der Waals surface area contributed by atoms with E-state index >= 15 is 0 Å². The Bertz CT molecular complexity index is 579. The average Bonchev–Trinajstić information content (AvgIpc) is 2.93. The van der Waals surface area contributed by atoms with E-state index in [1.54, 1.807) is 24.9 Å². The van der Waals surface area contributed by atoms with Crippen molar-refractivity contribution in [3.8, 4) is 0 Å². The van der Waals surface area contributed by atoms with E-state index in [9.17, 15) is 15.0 Å². The summed E-state index contributed by atoms with van der Waals surface area (Å²) in [6.45, 7) is 7.37. The third-order valence-corrected chi connectivity index (χ3v) is 4.19. The third kappa shape index (κ3) is 5.39. The normalized spacial score (nSPS) is 28.4. The molecule has 0 saturated carbocycles. The molecule has 0 aromatic heterocycles. The van der Waals surface area contributed by atoms with Crippen LogP contribution in [0, 0.1) is 5.92 Å². The third-order valence-electron chi connectivity index (χ3n) is 4.19. The molecule has 0 spiro atoms. The maximum Gasteiger partial charge on any atom is 0.363 e. The van der Waals surface area contributed by atoms with Crippen molar-refractivity contribution >= 4 is 11.8 Å². The zero-order valence-electron chi connectivity index (χ0n) is 16.0. The Morgan fingerprint density at radius 3 is 2.67 bits per heavy atom. The summed E-state index contributed by atoms with van der Waals surface area (Å²) in [5.41, 5.74) is 1.38. The molecule has 2 aliphatic rings. The van der Waals surface area contributed by atoms with Gasteiger partial charge in [-0.25, -0.2) is 15.3 Å². The highest BCUT2D eigenvalue weighted by atomic mass is 16.7. The van der Waals surface area contributed by atoms with Gasteiger partial charge >= 0.3 is 5.97 Å². The van der Waals surface area contributed by atoms with E-state index in [1.165, 1.54) is 6.08 Å². The molecule has 0 aromatic carbocycles. The molecule has 10 nitrogen and oxygen atoms in total. The van der Waals surface area contributed by atoms with E-state index in [-0.39, 0.29) is 6.67 Å². The van der Waals surface area contributed by atoms with Crippen molar-refractivity contribution in [3.05, 3.63) is 12.3 Å². The van der Waals surface area contributed by atoms with Gasteiger partial charge < -0.3 is 34.5 Å². The minimum Gasteiger partial charge on any atom is -0.394 e. The summed E-state index contributed by atoms with van der Waals surface area (Å²) >= 11 is 0. The molecule has 27 heavy (non-hydrogen) atoms. The Hall–Kier alpha value is -1.72. The molecule has 0 amide bonds. The fraction of sp³-hybridized carbons (Fsp3) is 0.765. The van der Waals surface area contributed by atoms with Gasteiger partial charge in [0.05, 0.1) is 13.2 Å². The predicted molar refractivity (Wildman–Crippen MR) is 95.1 cm³/mol. The molecule has 4 atom stereocenters. The molecule has 2 rings (SSSR count). The second-order valence-corrected chi connectivity index (χ2v) is 7.45. The maximum absolute atomic E-state index is 12.1. The number of nitrogens with one attached hydrogen (secondary N) is 1. The lowest BCUT2D eigenvalue weighted by Gasteiger charge is -2.30. The number of rotatable bonds is 6. The van der Waals surface area contributed by atoms with Crippen LogP contribution >= 0.6 is 0 Å². The van der Waals surface area contributed by atoms with Crippen molar-refractivity contribution in [1.82, 2.24) is 10.4 Å². The number of nitrogens with zero attached hydrogens (tertiary/aromatic N) is 2. The topological polar surface area (TPSA) is 133 Å². The summed E-state index contributed by atoms with van der Waals surface area (Å²) in [5.74, 6) is 0.0231. The Balaban J connectivity index is 1.83.